The molecule has 132 valence electrons. The van der Waals surface area contributed by atoms with Gasteiger partial charge in [0.2, 0.25) is 11.8 Å². The topological polar surface area (TPSA) is 49.4 Å². The van der Waals surface area contributed by atoms with Crippen molar-refractivity contribution in [3.63, 3.8) is 0 Å². The Hall–Kier alpha value is -2.83. The second-order valence-electron chi connectivity index (χ2n) is 5.35. The number of amides is 2. The zero-order chi connectivity index (χ0) is 18.4. The molecule has 2 aromatic carbocycles. The van der Waals surface area contributed by atoms with Crippen molar-refractivity contribution in [2.45, 2.75) is 19.5 Å². The molecule has 0 radical (unpaired) electrons. The summed E-state index contributed by atoms with van der Waals surface area (Å²) < 4.78 is 39.4. The third-order valence-corrected chi connectivity index (χ3v) is 3.50. The van der Waals surface area contributed by atoms with Crippen LogP contribution in [0.4, 0.5) is 24.5 Å². The summed E-state index contributed by atoms with van der Waals surface area (Å²) in [7, 11) is 0. The van der Waals surface area contributed by atoms with Gasteiger partial charge in [0.1, 0.15) is 0 Å². The Kier molecular flexibility index (Phi) is 5.80. The van der Waals surface area contributed by atoms with Crippen LogP contribution in [-0.2, 0) is 15.8 Å². The molecule has 7 heteroatoms. The van der Waals surface area contributed by atoms with Crippen LogP contribution in [0.15, 0.2) is 54.6 Å². The number of benzene rings is 2. The van der Waals surface area contributed by atoms with Crippen molar-refractivity contribution in [1.82, 2.24) is 0 Å². The van der Waals surface area contributed by atoms with Gasteiger partial charge in [0.05, 0.1) is 11.3 Å². The van der Waals surface area contributed by atoms with Crippen molar-refractivity contribution in [3.8, 4) is 0 Å². The van der Waals surface area contributed by atoms with E-state index in [2.05, 4.69) is 5.32 Å². The fourth-order valence-electron chi connectivity index (χ4n) is 2.35. The Bertz CT molecular complexity index is 745. The molecule has 0 aliphatic carbocycles. The Morgan fingerprint density at radius 2 is 1.60 bits per heavy atom. The lowest BCUT2D eigenvalue weighted by molar-refractivity contribution is -0.137. The van der Waals surface area contributed by atoms with Crippen molar-refractivity contribution in [3.05, 3.63) is 60.2 Å². The van der Waals surface area contributed by atoms with Crippen LogP contribution in [0.1, 0.15) is 18.9 Å². The lowest BCUT2D eigenvalue weighted by atomic mass is 10.1. The smallest absolute Gasteiger partial charge is 0.326 e. The first-order valence-electron chi connectivity index (χ1n) is 7.58. The number of hydrogen-bond acceptors (Lipinski definition) is 2. The summed E-state index contributed by atoms with van der Waals surface area (Å²) in [5.41, 5.74) is -0.582. The van der Waals surface area contributed by atoms with Crippen molar-refractivity contribution < 1.29 is 22.8 Å². The van der Waals surface area contributed by atoms with Gasteiger partial charge < -0.3 is 10.2 Å². The number of rotatable bonds is 5. The predicted molar refractivity (Wildman–Crippen MR) is 89.2 cm³/mol. The summed E-state index contributed by atoms with van der Waals surface area (Å²) >= 11 is 0. The van der Waals surface area contributed by atoms with Crippen molar-refractivity contribution in [2.75, 3.05) is 16.8 Å². The van der Waals surface area contributed by atoms with Gasteiger partial charge in [-0.05, 0) is 24.3 Å². The Morgan fingerprint density at radius 1 is 1.00 bits per heavy atom. The van der Waals surface area contributed by atoms with E-state index < -0.39 is 17.6 Å². The maximum atomic E-state index is 13.1. The Labute approximate surface area is 143 Å². The molecular weight excluding hydrogens is 333 g/mol. The van der Waals surface area contributed by atoms with Crippen molar-refractivity contribution in [2.24, 2.45) is 0 Å². The van der Waals surface area contributed by atoms with Crippen LogP contribution in [-0.4, -0.2) is 18.4 Å². The largest absolute Gasteiger partial charge is 0.418 e. The molecule has 4 nitrogen and oxygen atoms in total. The number of carbonyl (C=O) groups is 2. The molecule has 2 rings (SSSR count). The minimum Gasteiger partial charge on any atom is -0.326 e. The second kappa shape index (κ2) is 7.83. The maximum absolute atomic E-state index is 13.1. The number of para-hydroxylation sites is 2. The first-order valence-corrected chi connectivity index (χ1v) is 7.58. The summed E-state index contributed by atoms with van der Waals surface area (Å²) in [5, 5.41) is 2.63. The fraction of sp³-hybridized carbons (Fsp3) is 0.222. The number of nitrogens with one attached hydrogen (secondary N) is 1. The summed E-state index contributed by atoms with van der Waals surface area (Å²) in [6.45, 7) is 1.02. The molecule has 0 spiro atoms. The number of hydrogen-bond donors (Lipinski definition) is 1. The highest BCUT2D eigenvalue weighted by atomic mass is 19.4. The predicted octanol–water partition coefficient (Wildman–Crippen LogP) is 4.09. The van der Waals surface area contributed by atoms with Crippen LogP contribution in [0.25, 0.3) is 0 Å². The second-order valence-corrected chi connectivity index (χ2v) is 5.35. The molecule has 1 N–H and O–H groups in total. The van der Waals surface area contributed by atoms with Gasteiger partial charge in [0, 0.05) is 25.6 Å². The van der Waals surface area contributed by atoms with E-state index in [1.807, 2.05) is 0 Å². The minimum atomic E-state index is -4.59. The number of anilines is 2. The summed E-state index contributed by atoms with van der Waals surface area (Å²) in [6.07, 6.45) is -4.71. The maximum Gasteiger partial charge on any atom is 0.418 e. The fourth-order valence-corrected chi connectivity index (χ4v) is 2.35. The average molecular weight is 350 g/mol. The van der Waals surface area contributed by atoms with E-state index in [9.17, 15) is 22.8 Å². The van der Waals surface area contributed by atoms with Crippen molar-refractivity contribution in [1.29, 1.82) is 0 Å². The minimum absolute atomic E-state index is 0.124. The van der Waals surface area contributed by atoms with E-state index in [1.54, 1.807) is 30.3 Å². The third-order valence-electron chi connectivity index (χ3n) is 3.50. The molecule has 0 fully saturated rings. The molecule has 0 aliphatic rings. The molecule has 0 saturated heterocycles. The van der Waals surface area contributed by atoms with Gasteiger partial charge in [0.25, 0.3) is 0 Å². The molecule has 0 bridgehead atoms. The van der Waals surface area contributed by atoms with Crippen LogP contribution in [0.5, 0.6) is 0 Å². The van der Waals surface area contributed by atoms with Crippen molar-refractivity contribution >= 4 is 23.2 Å². The van der Waals surface area contributed by atoms with Gasteiger partial charge in [-0.2, -0.15) is 13.2 Å². The molecule has 2 amide bonds. The van der Waals surface area contributed by atoms with Gasteiger partial charge in [-0.25, -0.2) is 0 Å². The zero-order valence-electron chi connectivity index (χ0n) is 13.5. The lowest BCUT2D eigenvalue weighted by Crippen LogP contribution is -2.33. The molecular formula is C18H17F3N2O2. The summed E-state index contributed by atoms with van der Waals surface area (Å²) in [5.74, 6) is -0.953. The van der Waals surface area contributed by atoms with Crippen LogP contribution < -0.4 is 10.2 Å². The molecule has 0 saturated carbocycles. The Morgan fingerprint density at radius 3 is 2.20 bits per heavy atom. The van der Waals surface area contributed by atoms with Crippen LogP contribution in [0, 0.1) is 0 Å². The van der Waals surface area contributed by atoms with Gasteiger partial charge in [0.15, 0.2) is 0 Å². The van der Waals surface area contributed by atoms with Crippen LogP contribution in [0.2, 0.25) is 0 Å². The average Bonchev–Trinajstić information content (AvgIpc) is 2.55. The van der Waals surface area contributed by atoms with Crippen LogP contribution >= 0.6 is 0 Å². The van der Waals surface area contributed by atoms with E-state index in [1.165, 1.54) is 25.1 Å². The lowest BCUT2D eigenvalue weighted by Gasteiger charge is -2.24. The van der Waals surface area contributed by atoms with E-state index in [4.69, 9.17) is 0 Å². The number of nitrogens with zero attached hydrogens (tertiary/aromatic N) is 1. The SMILES string of the molecule is CC(=O)N(CCC(=O)Nc1ccccc1)c1ccccc1C(F)(F)F. The molecule has 0 atom stereocenters. The molecule has 25 heavy (non-hydrogen) atoms. The number of carbonyl (C=O) groups excluding carboxylic acids is 2. The number of halogens is 3. The third kappa shape index (κ3) is 5.07. The molecule has 0 unspecified atom stereocenters. The molecule has 0 aliphatic heterocycles. The highest BCUT2D eigenvalue weighted by Crippen LogP contribution is 2.36. The Balaban J connectivity index is 2.12. The number of alkyl halides is 3. The first kappa shape index (κ1) is 18.5. The summed E-state index contributed by atoms with van der Waals surface area (Å²) in [6, 6.07) is 13.5. The summed E-state index contributed by atoms with van der Waals surface area (Å²) in [4.78, 5) is 24.8. The van der Waals surface area contributed by atoms with Gasteiger partial charge >= 0.3 is 6.18 Å². The highest BCUT2D eigenvalue weighted by Gasteiger charge is 2.35. The van der Waals surface area contributed by atoms with E-state index >= 15 is 0 Å². The molecule has 0 aromatic heterocycles. The first-order chi connectivity index (χ1) is 11.8. The highest BCUT2D eigenvalue weighted by molar-refractivity contribution is 5.95. The van der Waals surface area contributed by atoms with Gasteiger partial charge in [-0.1, -0.05) is 30.3 Å². The van der Waals surface area contributed by atoms with E-state index in [-0.39, 0.29) is 24.6 Å². The molecule has 2 aromatic rings. The van der Waals surface area contributed by atoms with E-state index in [0.717, 1.165) is 11.0 Å². The van der Waals surface area contributed by atoms with Crippen LogP contribution in [0.3, 0.4) is 0 Å². The zero-order valence-corrected chi connectivity index (χ0v) is 13.5. The monoisotopic (exact) mass is 350 g/mol. The van der Waals surface area contributed by atoms with E-state index in [0.29, 0.717) is 5.69 Å². The van der Waals surface area contributed by atoms with Gasteiger partial charge in [-0.15, -0.1) is 0 Å². The standard InChI is InChI=1S/C18H17F3N2O2/c1-13(24)23(16-10-6-5-9-15(16)18(19,20)21)12-11-17(25)22-14-7-3-2-4-8-14/h2-10H,11-12H2,1H3,(H,22,25). The normalized spacial score (nSPS) is 11.0. The quantitative estimate of drug-likeness (QED) is 0.883. The van der Waals surface area contributed by atoms with Gasteiger partial charge in [-0.3, -0.25) is 9.59 Å². The molecule has 0 heterocycles.